The van der Waals surface area contributed by atoms with Crippen LogP contribution in [0.5, 0.6) is 0 Å². The van der Waals surface area contributed by atoms with Crippen LogP contribution in [0.25, 0.3) is 0 Å². The number of nitrogens with one attached hydrogen (secondary N) is 1. The van der Waals surface area contributed by atoms with Gasteiger partial charge in [-0.2, -0.15) is 0 Å². The maximum absolute atomic E-state index is 13.6. The van der Waals surface area contributed by atoms with Crippen LogP contribution in [0.1, 0.15) is 36.6 Å². The van der Waals surface area contributed by atoms with Gasteiger partial charge in [-0.15, -0.1) is 11.3 Å². The second-order valence-corrected chi connectivity index (χ2v) is 9.09. The van der Waals surface area contributed by atoms with E-state index < -0.39 is 23.8 Å². The van der Waals surface area contributed by atoms with Crippen molar-refractivity contribution in [2.75, 3.05) is 7.11 Å². The van der Waals surface area contributed by atoms with Gasteiger partial charge in [0.1, 0.15) is 12.5 Å². The van der Waals surface area contributed by atoms with Gasteiger partial charge in [0.15, 0.2) is 5.78 Å². The zero-order valence-corrected chi connectivity index (χ0v) is 19.0. The lowest BCUT2D eigenvalue weighted by molar-refractivity contribution is -0.151. The molecule has 0 radical (unpaired) electrons. The van der Waals surface area contributed by atoms with E-state index in [1.54, 1.807) is 0 Å². The van der Waals surface area contributed by atoms with Crippen LogP contribution < -0.4 is 5.32 Å². The number of carbonyl (C=O) groups excluding carboxylic acids is 3. The van der Waals surface area contributed by atoms with Crippen LogP contribution in [0.2, 0.25) is 0 Å². The predicted molar refractivity (Wildman–Crippen MR) is 120 cm³/mol. The number of thiophene rings is 1. The number of ether oxygens (including phenoxy) is 2. The maximum atomic E-state index is 13.6. The Morgan fingerprint density at radius 1 is 1.16 bits per heavy atom. The minimum absolute atomic E-state index is 0.134. The largest absolute Gasteiger partial charge is 0.468 e. The first-order chi connectivity index (χ1) is 15.4. The number of rotatable bonds is 5. The number of carbonyl (C=O) groups is 3. The van der Waals surface area contributed by atoms with Crippen LogP contribution in [-0.2, 0) is 30.5 Å². The Hall–Kier alpha value is -3.19. The van der Waals surface area contributed by atoms with Crippen molar-refractivity contribution >= 4 is 29.1 Å². The highest BCUT2D eigenvalue weighted by atomic mass is 32.1. The Labute approximate surface area is 190 Å². The van der Waals surface area contributed by atoms with E-state index in [0.717, 1.165) is 16.1 Å². The van der Waals surface area contributed by atoms with Crippen molar-refractivity contribution in [3.05, 3.63) is 80.8 Å². The molecular weight excluding hydrogens is 426 g/mol. The van der Waals surface area contributed by atoms with Gasteiger partial charge in [-0.1, -0.05) is 43.3 Å². The zero-order valence-electron chi connectivity index (χ0n) is 18.2. The molecule has 2 aromatic rings. The van der Waals surface area contributed by atoms with Crippen molar-refractivity contribution in [3.8, 4) is 0 Å². The summed E-state index contributed by atoms with van der Waals surface area (Å²) >= 11 is 1.47. The van der Waals surface area contributed by atoms with E-state index in [1.807, 2.05) is 61.7 Å². The quantitative estimate of drug-likeness (QED) is 0.544. The molecule has 7 heteroatoms. The lowest BCUT2D eigenvalue weighted by Crippen LogP contribution is -2.43. The lowest BCUT2D eigenvalue weighted by atomic mass is 9.70. The summed E-state index contributed by atoms with van der Waals surface area (Å²) in [5.41, 5.74) is 3.16. The van der Waals surface area contributed by atoms with Crippen molar-refractivity contribution in [2.45, 2.75) is 32.8 Å². The highest BCUT2D eigenvalue weighted by molar-refractivity contribution is 7.10. The number of dihydropyridines is 1. The SMILES string of the molecule is COC(=O)[C@@H]1C(=O)C2=C(C[C@H]1C)NC(C)=C(C(=O)OCc1ccccc1)[C@@H]2c1cccs1. The van der Waals surface area contributed by atoms with Crippen molar-refractivity contribution in [3.63, 3.8) is 0 Å². The van der Waals surface area contributed by atoms with Crippen LogP contribution in [0.15, 0.2) is 70.4 Å². The van der Waals surface area contributed by atoms with Crippen molar-refractivity contribution in [1.82, 2.24) is 5.32 Å². The Morgan fingerprint density at radius 2 is 1.91 bits per heavy atom. The standard InChI is InChI=1S/C25H25NO5S/c1-14-12-17-21(23(27)19(14)24(28)30-3)22(18-10-7-11-32-18)20(15(2)26-17)25(29)31-13-16-8-5-4-6-9-16/h4-11,14,19,22,26H,12-13H2,1-3H3/t14-,19+,22+/m1/s1. The molecule has 1 aromatic carbocycles. The Balaban J connectivity index is 1.72. The van der Waals surface area contributed by atoms with Gasteiger partial charge >= 0.3 is 11.9 Å². The van der Waals surface area contributed by atoms with E-state index >= 15 is 0 Å². The van der Waals surface area contributed by atoms with Gasteiger partial charge in [0.25, 0.3) is 0 Å². The van der Waals surface area contributed by atoms with E-state index in [4.69, 9.17) is 9.47 Å². The first-order valence-corrected chi connectivity index (χ1v) is 11.4. The van der Waals surface area contributed by atoms with Gasteiger partial charge < -0.3 is 14.8 Å². The molecule has 32 heavy (non-hydrogen) atoms. The number of methoxy groups -OCH3 is 1. The molecule has 1 aliphatic carbocycles. The fourth-order valence-electron chi connectivity index (χ4n) is 4.49. The van der Waals surface area contributed by atoms with Crippen LogP contribution in [-0.4, -0.2) is 24.8 Å². The van der Waals surface area contributed by atoms with Crippen LogP contribution in [0, 0.1) is 11.8 Å². The third-order valence-corrected chi connectivity index (χ3v) is 6.94. The molecule has 0 saturated heterocycles. The predicted octanol–water partition coefficient (Wildman–Crippen LogP) is 4.10. The summed E-state index contributed by atoms with van der Waals surface area (Å²) in [6, 6.07) is 13.2. The van der Waals surface area contributed by atoms with E-state index in [2.05, 4.69) is 5.32 Å². The summed E-state index contributed by atoms with van der Waals surface area (Å²) in [6.45, 7) is 3.83. The van der Waals surface area contributed by atoms with Crippen LogP contribution in [0.3, 0.4) is 0 Å². The van der Waals surface area contributed by atoms with Crippen molar-refractivity contribution in [2.24, 2.45) is 11.8 Å². The van der Waals surface area contributed by atoms with Gasteiger partial charge in [0.05, 0.1) is 18.6 Å². The lowest BCUT2D eigenvalue weighted by Gasteiger charge is -2.37. The molecule has 166 valence electrons. The highest BCUT2D eigenvalue weighted by Gasteiger charge is 2.47. The molecule has 0 unspecified atom stereocenters. The Morgan fingerprint density at radius 3 is 2.56 bits per heavy atom. The second kappa shape index (κ2) is 9.12. The molecule has 0 saturated carbocycles. The number of Topliss-reactive ketones (excluding diaryl/α,β-unsaturated/α-hetero) is 1. The fourth-order valence-corrected chi connectivity index (χ4v) is 5.34. The first kappa shape index (κ1) is 22.0. The first-order valence-electron chi connectivity index (χ1n) is 10.5. The summed E-state index contributed by atoms with van der Waals surface area (Å²) < 4.78 is 10.6. The maximum Gasteiger partial charge on any atom is 0.337 e. The number of ketones is 1. The molecule has 2 aliphatic rings. The summed E-state index contributed by atoms with van der Waals surface area (Å²) in [7, 11) is 1.29. The topological polar surface area (TPSA) is 81.7 Å². The molecule has 0 fully saturated rings. The molecule has 0 amide bonds. The van der Waals surface area contributed by atoms with Gasteiger partial charge in [-0.05, 0) is 36.3 Å². The van der Waals surface area contributed by atoms with Crippen LogP contribution in [0.4, 0.5) is 0 Å². The Kier molecular flexibility index (Phi) is 6.28. The highest BCUT2D eigenvalue weighted by Crippen LogP contribution is 2.46. The van der Waals surface area contributed by atoms with Gasteiger partial charge in [0.2, 0.25) is 0 Å². The van der Waals surface area contributed by atoms with Gasteiger partial charge in [-0.3, -0.25) is 9.59 Å². The summed E-state index contributed by atoms with van der Waals surface area (Å²) in [6.07, 6.45) is 0.520. The van der Waals surface area contributed by atoms with E-state index in [0.29, 0.717) is 23.3 Å². The molecule has 0 spiro atoms. The average molecular weight is 452 g/mol. The monoisotopic (exact) mass is 451 g/mol. The Bertz CT molecular complexity index is 1100. The molecule has 4 rings (SSSR count). The zero-order chi connectivity index (χ0) is 22.8. The van der Waals surface area contributed by atoms with E-state index in [9.17, 15) is 14.4 Å². The van der Waals surface area contributed by atoms with E-state index in [1.165, 1.54) is 18.4 Å². The molecule has 2 heterocycles. The minimum atomic E-state index is -0.886. The number of hydrogen-bond donors (Lipinski definition) is 1. The molecular formula is C25H25NO5S. The second-order valence-electron chi connectivity index (χ2n) is 8.11. The fraction of sp³-hybridized carbons (Fsp3) is 0.320. The third kappa shape index (κ3) is 4.00. The molecule has 6 nitrogen and oxygen atoms in total. The van der Waals surface area contributed by atoms with Crippen molar-refractivity contribution < 1.29 is 23.9 Å². The molecule has 1 N–H and O–H groups in total. The summed E-state index contributed by atoms with van der Waals surface area (Å²) in [4.78, 5) is 40.1. The van der Waals surface area contributed by atoms with Crippen LogP contribution >= 0.6 is 11.3 Å². The summed E-state index contributed by atoms with van der Waals surface area (Å²) in [5.74, 6) is -2.99. The van der Waals surface area contributed by atoms with Gasteiger partial charge in [-0.25, -0.2) is 4.79 Å². The summed E-state index contributed by atoms with van der Waals surface area (Å²) in [5, 5.41) is 5.18. The van der Waals surface area contributed by atoms with Gasteiger partial charge in [0, 0.05) is 21.8 Å². The minimum Gasteiger partial charge on any atom is -0.468 e. The molecule has 1 aromatic heterocycles. The third-order valence-electron chi connectivity index (χ3n) is 6.00. The number of hydrogen-bond acceptors (Lipinski definition) is 7. The number of allylic oxidation sites excluding steroid dienone is 3. The normalized spacial score (nSPS) is 22.8. The van der Waals surface area contributed by atoms with Crippen molar-refractivity contribution in [1.29, 1.82) is 0 Å². The molecule has 0 bridgehead atoms. The molecule has 1 aliphatic heterocycles. The smallest absolute Gasteiger partial charge is 0.337 e. The molecule has 3 atom stereocenters. The van der Waals surface area contributed by atoms with E-state index in [-0.39, 0.29) is 18.3 Å². The average Bonchev–Trinajstić information content (AvgIpc) is 3.31. The number of esters is 2. The number of benzene rings is 1.